The van der Waals surface area contributed by atoms with E-state index in [1.807, 2.05) is 39.0 Å². The number of aryl methyl sites for hydroxylation is 1. The number of aromatic nitrogens is 6. The number of aromatic amines is 1. The van der Waals surface area contributed by atoms with Crippen molar-refractivity contribution in [1.82, 2.24) is 35.5 Å². The van der Waals surface area contributed by atoms with Gasteiger partial charge in [0.05, 0.1) is 17.8 Å². The largest absolute Gasteiger partial charge is 0.494 e. The minimum atomic E-state index is -0.482. The summed E-state index contributed by atoms with van der Waals surface area (Å²) < 4.78 is 11.4. The van der Waals surface area contributed by atoms with Crippen molar-refractivity contribution in [3.63, 3.8) is 0 Å². The SMILES string of the molecule is CC(C)(C)OC(=O)N1CCC(c2ncnc3cc(OCCCc4nnn[nH]4)ccc23)CC1. The van der Waals surface area contributed by atoms with E-state index in [1.54, 1.807) is 11.2 Å². The van der Waals surface area contributed by atoms with Crippen LogP contribution in [0.2, 0.25) is 0 Å². The molecule has 0 bridgehead atoms. The second-order valence-corrected chi connectivity index (χ2v) is 8.98. The Bertz CT molecular complexity index is 1040. The number of H-pyrrole nitrogens is 1. The average Bonchev–Trinajstić information content (AvgIpc) is 3.29. The molecule has 3 heterocycles. The lowest BCUT2D eigenvalue weighted by Crippen LogP contribution is -2.41. The molecule has 1 fully saturated rings. The van der Waals surface area contributed by atoms with Crippen LogP contribution in [0, 0.1) is 0 Å². The molecule has 1 aromatic carbocycles. The van der Waals surface area contributed by atoms with Crippen LogP contribution in [0.4, 0.5) is 4.79 Å². The van der Waals surface area contributed by atoms with E-state index in [2.05, 4.69) is 30.6 Å². The van der Waals surface area contributed by atoms with Crippen LogP contribution in [0.3, 0.4) is 0 Å². The maximum atomic E-state index is 12.3. The number of ether oxygens (including phenoxy) is 2. The number of hydrogen-bond acceptors (Lipinski definition) is 8. The smallest absolute Gasteiger partial charge is 0.410 e. The molecule has 170 valence electrons. The number of carbonyl (C=O) groups excluding carboxylic acids is 1. The molecule has 10 nitrogen and oxygen atoms in total. The lowest BCUT2D eigenvalue weighted by Gasteiger charge is -2.33. The van der Waals surface area contributed by atoms with Gasteiger partial charge >= 0.3 is 6.09 Å². The quantitative estimate of drug-likeness (QED) is 0.581. The minimum absolute atomic E-state index is 0.246. The lowest BCUT2D eigenvalue weighted by atomic mass is 9.91. The fraction of sp³-hybridized carbons (Fsp3) is 0.545. The molecule has 2 aromatic heterocycles. The van der Waals surface area contributed by atoms with Gasteiger partial charge in [0.25, 0.3) is 0 Å². The molecule has 0 atom stereocenters. The van der Waals surface area contributed by atoms with E-state index >= 15 is 0 Å². The number of carbonyl (C=O) groups is 1. The molecule has 0 spiro atoms. The number of benzene rings is 1. The van der Waals surface area contributed by atoms with E-state index in [-0.39, 0.29) is 12.0 Å². The third-order valence-corrected chi connectivity index (χ3v) is 5.39. The number of nitrogens with zero attached hydrogens (tertiary/aromatic N) is 6. The molecular formula is C22H29N7O3. The fourth-order valence-corrected chi connectivity index (χ4v) is 3.85. The van der Waals surface area contributed by atoms with Crippen LogP contribution >= 0.6 is 0 Å². The zero-order valence-electron chi connectivity index (χ0n) is 18.7. The van der Waals surface area contributed by atoms with Crippen molar-refractivity contribution >= 4 is 17.0 Å². The van der Waals surface area contributed by atoms with Crippen LogP contribution in [-0.2, 0) is 11.2 Å². The van der Waals surface area contributed by atoms with Crippen molar-refractivity contribution in [2.75, 3.05) is 19.7 Å². The van der Waals surface area contributed by atoms with Crippen LogP contribution in [0.25, 0.3) is 10.9 Å². The molecule has 0 aliphatic carbocycles. The van der Waals surface area contributed by atoms with Crippen LogP contribution in [-0.4, -0.2) is 66.9 Å². The molecule has 1 saturated heterocycles. The van der Waals surface area contributed by atoms with Gasteiger partial charge < -0.3 is 14.4 Å². The zero-order valence-corrected chi connectivity index (χ0v) is 18.7. The van der Waals surface area contributed by atoms with Crippen molar-refractivity contribution in [2.24, 2.45) is 0 Å². The standard InChI is InChI=1S/C22H29N7O3/c1-22(2,3)32-21(30)29-10-8-15(9-11-29)20-17-7-6-16(13-18(17)23-14-24-20)31-12-4-5-19-25-27-28-26-19/h6-7,13-15H,4-5,8-12H2,1-3H3,(H,25,26,27,28). The highest BCUT2D eigenvalue weighted by Gasteiger charge is 2.28. The molecule has 0 radical (unpaired) electrons. The third-order valence-electron chi connectivity index (χ3n) is 5.39. The second-order valence-electron chi connectivity index (χ2n) is 8.98. The number of piperidine rings is 1. The van der Waals surface area contributed by atoms with E-state index in [0.29, 0.717) is 19.7 Å². The first-order valence-corrected chi connectivity index (χ1v) is 11.0. The highest BCUT2D eigenvalue weighted by molar-refractivity contribution is 5.82. The summed E-state index contributed by atoms with van der Waals surface area (Å²) in [6.45, 7) is 7.54. The van der Waals surface area contributed by atoms with E-state index in [1.165, 1.54) is 0 Å². The molecule has 0 saturated carbocycles. The summed E-state index contributed by atoms with van der Waals surface area (Å²) in [5, 5.41) is 14.8. The highest BCUT2D eigenvalue weighted by atomic mass is 16.6. The number of tetrazole rings is 1. The van der Waals surface area contributed by atoms with Gasteiger partial charge in [-0.25, -0.2) is 19.9 Å². The Labute approximate surface area is 186 Å². The molecule has 32 heavy (non-hydrogen) atoms. The molecule has 3 aromatic rings. The highest BCUT2D eigenvalue weighted by Crippen LogP contribution is 2.32. The van der Waals surface area contributed by atoms with Gasteiger partial charge in [-0.3, -0.25) is 0 Å². The number of amides is 1. The summed E-state index contributed by atoms with van der Waals surface area (Å²) in [4.78, 5) is 23.1. The Morgan fingerprint density at radius 1 is 1.22 bits per heavy atom. The van der Waals surface area contributed by atoms with Gasteiger partial charge in [-0.15, -0.1) is 5.10 Å². The molecule has 0 unspecified atom stereocenters. The van der Waals surface area contributed by atoms with Gasteiger partial charge in [-0.1, -0.05) is 0 Å². The molecule has 1 N–H and O–H groups in total. The van der Waals surface area contributed by atoms with Gasteiger partial charge in [0.1, 0.15) is 23.5 Å². The second kappa shape index (κ2) is 9.46. The van der Waals surface area contributed by atoms with Crippen LogP contribution in [0.15, 0.2) is 24.5 Å². The summed E-state index contributed by atoms with van der Waals surface area (Å²) >= 11 is 0. The van der Waals surface area contributed by atoms with Crippen molar-refractivity contribution in [1.29, 1.82) is 0 Å². The number of hydrogen-bond donors (Lipinski definition) is 1. The predicted octanol–water partition coefficient (Wildman–Crippen LogP) is 3.27. The van der Waals surface area contributed by atoms with E-state index in [4.69, 9.17) is 9.47 Å². The maximum absolute atomic E-state index is 12.3. The summed E-state index contributed by atoms with van der Waals surface area (Å²) in [7, 11) is 0. The summed E-state index contributed by atoms with van der Waals surface area (Å²) in [5.41, 5.74) is 1.41. The van der Waals surface area contributed by atoms with Crippen molar-refractivity contribution in [2.45, 2.75) is 58.0 Å². The Morgan fingerprint density at radius 2 is 2.03 bits per heavy atom. The monoisotopic (exact) mass is 439 g/mol. The van der Waals surface area contributed by atoms with Gasteiger partial charge in [0, 0.05) is 36.9 Å². The van der Waals surface area contributed by atoms with E-state index in [0.717, 1.165) is 53.9 Å². The summed E-state index contributed by atoms with van der Waals surface area (Å²) in [6.07, 6.45) is 4.60. The van der Waals surface area contributed by atoms with Crippen LogP contribution in [0.5, 0.6) is 5.75 Å². The molecule has 1 aliphatic rings. The van der Waals surface area contributed by atoms with Gasteiger partial charge in [-0.05, 0) is 62.6 Å². The number of fused-ring (bicyclic) bond motifs is 1. The van der Waals surface area contributed by atoms with Gasteiger partial charge in [-0.2, -0.15) is 0 Å². The number of likely N-dealkylation sites (tertiary alicyclic amines) is 1. The van der Waals surface area contributed by atoms with E-state index in [9.17, 15) is 4.79 Å². The van der Waals surface area contributed by atoms with Crippen LogP contribution < -0.4 is 4.74 Å². The first kappa shape index (κ1) is 21.9. The van der Waals surface area contributed by atoms with Crippen molar-refractivity contribution in [3.05, 3.63) is 36.0 Å². The molecule has 1 aliphatic heterocycles. The average molecular weight is 440 g/mol. The third kappa shape index (κ3) is 5.49. The Kier molecular flexibility index (Phi) is 6.48. The normalized spacial score (nSPS) is 15.2. The van der Waals surface area contributed by atoms with Gasteiger partial charge in [0.2, 0.25) is 0 Å². The molecule has 10 heteroatoms. The Morgan fingerprint density at radius 3 is 2.75 bits per heavy atom. The lowest BCUT2D eigenvalue weighted by molar-refractivity contribution is 0.0204. The predicted molar refractivity (Wildman–Crippen MR) is 117 cm³/mol. The van der Waals surface area contributed by atoms with Crippen molar-refractivity contribution < 1.29 is 14.3 Å². The summed E-state index contributed by atoms with van der Waals surface area (Å²) in [6, 6.07) is 5.94. The molecule has 4 rings (SSSR count). The fourth-order valence-electron chi connectivity index (χ4n) is 3.85. The topological polar surface area (TPSA) is 119 Å². The maximum Gasteiger partial charge on any atom is 0.410 e. The number of nitrogens with one attached hydrogen (secondary N) is 1. The van der Waals surface area contributed by atoms with Crippen molar-refractivity contribution in [3.8, 4) is 5.75 Å². The van der Waals surface area contributed by atoms with Gasteiger partial charge in [0.15, 0.2) is 0 Å². The Hall–Kier alpha value is -3.30. The zero-order chi connectivity index (χ0) is 22.6. The van der Waals surface area contributed by atoms with E-state index < -0.39 is 5.60 Å². The minimum Gasteiger partial charge on any atom is -0.494 e. The summed E-state index contributed by atoms with van der Waals surface area (Å²) in [5.74, 6) is 1.81. The first-order chi connectivity index (χ1) is 15.4. The Balaban J connectivity index is 1.36. The van der Waals surface area contributed by atoms with Crippen LogP contribution in [0.1, 0.15) is 57.5 Å². The molecular weight excluding hydrogens is 410 g/mol. The molecule has 1 amide bonds. The number of rotatable bonds is 6. The first-order valence-electron chi connectivity index (χ1n) is 11.0.